The van der Waals surface area contributed by atoms with Gasteiger partial charge in [0.25, 0.3) is 0 Å². The monoisotopic (exact) mass is 302 g/mol. The van der Waals surface area contributed by atoms with E-state index in [4.69, 9.17) is 29.6 Å². The van der Waals surface area contributed by atoms with Crippen molar-refractivity contribution in [3.8, 4) is 0 Å². The molecule has 1 rings (SSSR count). The van der Waals surface area contributed by atoms with Crippen LogP contribution in [0.4, 0.5) is 5.69 Å². The molecule has 0 aliphatic carbocycles. The van der Waals surface area contributed by atoms with Crippen LogP contribution in [0, 0.1) is 0 Å². The van der Waals surface area contributed by atoms with E-state index in [-0.39, 0.29) is 0 Å². The number of rotatable bonds is 6. The molecule has 18 heavy (non-hydrogen) atoms. The molecule has 0 amide bonds. The molecule has 0 aliphatic rings. The molecular weight excluding hydrogens is 284 g/mol. The van der Waals surface area contributed by atoms with Gasteiger partial charge >= 0.3 is 0 Å². The predicted octanol–water partition coefficient (Wildman–Crippen LogP) is 3.55. The summed E-state index contributed by atoms with van der Waals surface area (Å²) in [5.74, 6) is 1.16. The molecule has 1 aromatic rings. The summed E-state index contributed by atoms with van der Waals surface area (Å²) in [4.78, 5) is 2.57. The Morgan fingerprint density at radius 3 is 2.72 bits per heavy atom. The lowest BCUT2D eigenvalue weighted by molar-refractivity contribution is 0.669. The van der Waals surface area contributed by atoms with E-state index in [0.717, 1.165) is 23.4 Å². The van der Waals surface area contributed by atoms with Gasteiger partial charge < -0.3 is 10.6 Å². The van der Waals surface area contributed by atoms with E-state index in [1.54, 1.807) is 0 Å². The molecule has 0 heterocycles. The van der Waals surface area contributed by atoms with Gasteiger partial charge in [0, 0.05) is 24.3 Å². The maximum atomic E-state index is 6.18. The molecule has 2 nitrogen and oxygen atoms in total. The quantitative estimate of drug-likeness (QED) is 0.814. The van der Waals surface area contributed by atoms with E-state index >= 15 is 0 Å². The van der Waals surface area contributed by atoms with Crippen LogP contribution in [0.2, 0.25) is 5.02 Å². The van der Waals surface area contributed by atoms with Crippen LogP contribution in [0.25, 0.3) is 0 Å². The molecular formula is C13H19ClN2S2. The van der Waals surface area contributed by atoms with Crippen LogP contribution in [0.15, 0.2) is 18.2 Å². The molecule has 0 saturated carbocycles. The van der Waals surface area contributed by atoms with Crippen LogP contribution in [-0.4, -0.2) is 30.1 Å². The Morgan fingerprint density at radius 2 is 2.22 bits per heavy atom. The van der Waals surface area contributed by atoms with Crippen LogP contribution >= 0.6 is 35.6 Å². The molecule has 5 heteroatoms. The molecule has 2 N–H and O–H groups in total. The zero-order chi connectivity index (χ0) is 13.7. The normalized spacial score (nSPS) is 12.2. The van der Waals surface area contributed by atoms with Crippen LogP contribution in [0.5, 0.6) is 0 Å². The van der Waals surface area contributed by atoms with E-state index in [1.807, 2.05) is 30.0 Å². The van der Waals surface area contributed by atoms with Gasteiger partial charge in [0.15, 0.2) is 0 Å². The number of hydrogen-bond acceptors (Lipinski definition) is 3. The first kappa shape index (κ1) is 15.6. The lowest BCUT2D eigenvalue weighted by Gasteiger charge is -2.27. The lowest BCUT2D eigenvalue weighted by Crippen LogP contribution is -2.29. The topological polar surface area (TPSA) is 29.3 Å². The predicted molar refractivity (Wildman–Crippen MR) is 88.2 cm³/mol. The lowest BCUT2D eigenvalue weighted by atomic mass is 10.1. The Labute approximate surface area is 124 Å². The van der Waals surface area contributed by atoms with Crippen molar-refractivity contribution >= 4 is 46.3 Å². The second-order valence-corrected chi connectivity index (χ2v) is 6.10. The van der Waals surface area contributed by atoms with E-state index < -0.39 is 0 Å². The second-order valence-electron chi connectivity index (χ2n) is 4.27. The van der Waals surface area contributed by atoms with Gasteiger partial charge in [-0.05, 0) is 43.6 Å². The fourth-order valence-electron chi connectivity index (χ4n) is 1.66. The summed E-state index contributed by atoms with van der Waals surface area (Å²) in [5, 5.41) is 0.615. The van der Waals surface area contributed by atoms with Gasteiger partial charge in [0.1, 0.15) is 4.99 Å². The standard InChI is InChI=1S/C13H19ClN2S2/c1-9(6-7-18-3)16(2)10-4-5-11(13(15)17)12(14)8-10/h4-5,8-9H,6-7H2,1-3H3,(H2,15,17). The van der Waals surface area contributed by atoms with Gasteiger partial charge in [-0.1, -0.05) is 23.8 Å². The van der Waals surface area contributed by atoms with Gasteiger partial charge in [0.05, 0.1) is 5.02 Å². The number of benzene rings is 1. The molecule has 1 unspecified atom stereocenters. The summed E-state index contributed by atoms with van der Waals surface area (Å²) in [6, 6.07) is 6.29. The number of thiocarbonyl (C=S) groups is 1. The minimum absolute atomic E-state index is 0.338. The second kappa shape index (κ2) is 7.22. The molecule has 0 radical (unpaired) electrons. The summed E-state index contributed by atoms with van der Waals surface area (Å²) in [6.07, 6.45) is 3.27. The average molecular weight is 303 g/mol. The van der Waals surface area contributed by atoms with Gasteiger partial charge in [-0.2, -0.15) is 11.8 Å². The fourth-order valence-corrected chi connectivity index (χ4v) is 2.75. The van der Waals surface area contributed by atoms with Crippen molar-refractivity contribution in [2.75, 3.05) is 24.0 Å². The third-order valence-electron chi connectivity index (χ3n) is 3.03. The van der Waals surface area contributed by atoms with Crippen molar-refractivity contribution < 1.29 is 0 Å². The van der Waals surface area contributed by atoms with E-state index in [9.17, 15) is 0 Å². The number of nitrogens with two attached hydrogens (primary N) is 1. The summed E-state index contributed by atoms with van der Waals surface area (Å²) in [5.41, 5.74) is 7.42. The van der Waals surface area contributed by atoms with Gasteiger partial charge in [-0.3, -0.25) is 0 Å². The van der Waals surface area contributed by atoms with E-state index in [0.29, 0.717) is 16.1 Å². The molecule has 0 saturated heterocycles. The number of anilines is 1. The summed E-state index contributed by atoms with van der Waals surface area (Å²) >= 11 is 13.0. The van der Waals surface area contributed by atoms with Crippen LogP contribution < -0.4 is 10.6 Å². The summed E-state index contributed by atoms with van der Waals surface area (Å²) < 4.78 is 0. The highest BCUT2D eigenvalue weighted by atomic mass is 35.5. The molecule has 0 fully saturated rings. The van der Waals surface area contributed by atoms with E-state index in [2.05, 4.69) is 25.1 Å². The highest BCUT2D eigenvalue weighted by molar-refractivity contribution is 7.98. The number of thioether (sulfide) groups is 1. The summed E-state index contributed by atoms with van der Waals surface area (Å²) in [6.45, 7) is 2.21. The third-order valence-corrected chi connectivity index (χ3v) is 4.20. The molecule has 100 valence electrons. The highest BCUT2D eigenvalue weighted by Gasteiger charge is 2.12. The van der Waals surface area contributed by atoms with Crippen molar-refractivity contribution in [2.45, 2.75) is 19.4 Å². The Bertz CT molecular complexity index is 423. The first-order valence-corrected chi connectivity index (χ1v) is 7.96. The van der Waals surface area contributed by atoms with Crippen molar-refractivity contribution in [3.63, 3.8) is 0 Å². The first-order valence-electron chi connectivity index (χ1n) is 5.78. The highest BCUT2D eigenvalue weighted by Crippen LogP contribution is 2.25. The van der Waals surface area contributed by atoms with E-state index in [1.165, 1.54) is 0 Å². The Balaban J connectivity index is 2.83. The molecule has 0 aliphatic heterocycles. The van der Waals surface area contributed by atoms with Crippen molar-refractivity contribution in [1.29, 1.82) is 0 Å². The first-order chi connectivity index (χ1) is 8.47. The van der Waals surface area contributed by atoms with Crippen molar-refractivity contribution in [1.82, 2.24) is 0 Å². The molecule has 0 spiro atoms. The Morgan fingerprint density at radius 1 is 1.56 bits per heavy atom. The summed E-state index contributed by atoms with van der Waals surface area (Å²) in [7, 11) is 2.08. The minimum Gasteiger partial charge on any atom is -0.389 e. The van der Waals surface area contributed by atoms with Crippen LogP contribution in [-0.2, 0) is 0 Å². The zero-order valence-corrected chi connectivity index (χ0v) is 13.3. The third kappa shape index (κ3) is 4.04. The van der Waals surface area contributed by atoms with Gasteiger partial charge in [-0.25, -0.2) is 0 Å². The number of nitrogens with zero attached hydrogens (tertiary/aromatic N) is 1. The molecule has 0 bridgehead atoms. The van der Waals surface area contributed by atoms with Gasteiger partial charge in [-0.15, -0.1) is 0 Å². The minimum atomic E-state index is 0.338. The molecule has 1 aromatic carbocycles. The number of hydrogen-bond donors (Lipinski definition) is 1. The molecule has 1 atom stereocenters. The van der Waals surface area contributed by atoms with Crippen LogP contribution in [0.1, 0.15) is 18.9 Å². The fraction of sp³-hybridized carbons (Fsp3) is 0.462. The van der Waals surface area contributed by atoms with Crippen LogP contribution in [0.3, 0.4) is 0 Å². The largest absolute Gasteiger partial charge is 0.389 e. The maximum Gasteiger partial charge on any atom is 0.105 e. The zero-order valence-electron chi connectivity index (χ0n) is 10.9. The smallest absolute Gasteiger partial charge is 0.105 e. The SMILES string of the molecule is CSCCC(C)N(C)c1ccc(C(N)=S)c(Cl)c1. The number of halogens is 1. The average Bonchev–Trinajstić information content (AvgIpc) is 2.34. The van der Waals surface area contributed by atoms with Crippen molar-refractivity contribution in [3.05, 3.63) is 28.8 Å². The van der Waals surface area contributed by atoms with Gasteiger partial charge in [0.2, 0.25) is 0 Å². The maximum absolute atomic E-state index is 6.18. The Hall–Kier alpha value is -0.450. The molecule has 0 aromatic heterocycles. The Kier molecular flexibility index (Phi) is 6.26. The van der Waals surface area contributed by atoms with Crippen molar-refractivity contribution in [2.24, 2.45) is 5.73 Å².